The van der Waals surface area contributed by atoms with Crippen LogP contribution in [0.2, 0.25) is 0 Å². The van der Waals surface area contributed by atoms with Gasteiger partial charge in [0.15, 0.2) is 0 Å². The number of hydrogen-bond donors (Lipinski definition) is 0. The molecule has 6 aromatic rings. The summed E-state index contributed by atoms with van der Waals surface area (Å²) >= 11 is 1.63. The molecule has 184 valence electrons. The Hall–Kier alpha value is -3.69. The van der Waals surface area contributed by atoms with Gasteiger partial charge in [0.1, 0.15) is 5.82 Å². The van der Waals surface area contributed by atoms with Gasteiger partial charge in [0.05, 0.1) is 16.7 Å². The average molecular weight is 504 g/mol. The highest BCUT2D eigenvalue weighted by Gasteiger charge is 2.24. The number of para-hydroxylation sites is 2. The summed E-state index contributed by atoms with van der Waals surface area (Å²) in [4.78, 5) is 5.18. The quantitative estimate of drug-likeness (QED) is 0.229. The Labute approximate surface area is 227 Å². The van der Waals surface area contributed by atoms with E-state index in [1.54, 1.807) is 17.4 Å². The molecule has 0 atom stereocenters. The van der Waals surface area contributed by atoms with Crippen LogP contribution < -0.4 is 0 Å². The van der Waals surface area contributed by atoms with E-state index in [9.17, 15) is 0 Å². The third-order valence-corrected chi connectivity index (χ3v) is 8.08. The minimum absolute atomic E-state index is 0.270. The topological polar surface area (TPSA) is 17.8 Å². The first-order valence-corrected chi connectivity index (χ1v) is 13.7. The lowest BCUT2D eigenvalue weighted by Crippen LogP contribution is -2.09. The normalized spacial score (nSPS) is 13.4. The summed E-state index contributed by atoms with van der Waals surface area (Å²) in [6.45, 7) is 6.83. The van der Waals surface area contributed by atoms with Crippen molar-refractivity contribution in [3.63, 3.8) is 0 Å². The fraction of sp³-hybridized carbons (Fsp3) is 0.206. The van der Waals surface area contributed by atoms with Gasteiger partial charge in [-0.1, -0.05) is 81.8 Å². The van der Waals surface area contributed by atoms with Crippen molar-refractivity contribution >= 4 is 32.5 Å². The zero-order valence-corrected chi connectivity index (χ0v) is 22.4. The van der Waals surface area contributed by atoms with Crippen LogP contribution in [0.15, 0.2) is 90.3 Å². The van der Waals surface area contributed by atoms with Crippen LogP contribution in [0.5, 0.6) is 0 Å². The lowest BCUT2D eigenvalue weighted by molar-refractivity contribution is 0.812. The number of aromatic nitrogens is 2. The Morgan fingerprint density at radius 3 is 2.19 bits per heavy atom. The number of benzene rings is 4. The predicted molar refractivity (Wildman–Crippen MR) is 160 cm³/mol. The van der Waals surface area contributed by atoms with Crippen molar-refractivity contribution in [2.45, 2.75) is 46.4 Å². The van der Waals surface area contributed by atoms with Crippen LogP contribution in [0.4, 0.5) is 0 Å². The second-order valence-corrected chi connectivity index (χ2v) is 11.2. The molecule has 0 saturated heterocycles. The Morgan fingerprint density at radius 2 is 1.49 bits per heavy atom. The summed E-state index contributed by atoms with van der Waals surface area (Å²) in [5.41, 5.74) is 9.37. The molecular weight excluding hydrogens is 468 g/mol. The Balaban J connectivity index is 1.70. The number of aryl methyl sites for hydroxylation is 1. The molecule has 0 radical (unpaired) electrons. The second-order valence-electron chi connectivity index (χ2n) is 10.3. The molecule has 0 aliphatic rings. The van der Waals surface area contributed by atoms with E-state index in [0.29, 0.717) is 5.56 Å². The second kappa shape index (κ2) is 9.32. The molecule has 0 aliphatic heterocycles. The molecule has 6 rings (SSSR count). The van der Waals surface area contributed by atoms with Crippen LogP contribution in [-0.2, 0) is 0 Å². The van der Waals surface area contributed by atoms with Gasteiger partial charge in [0.25, 0.3) is 0 Å². The Kier molecular flexibility index (Phi) is 5.13. The van der Waals surface area contributed by atoms with Crippen molar-refractivity contribution < 1.29 is 4.11 Å². The zero-order valence-electron chi connectivity index (χ0n) is 24.6. The van der Waals surface area contributed by atoms with Gasteiger partial charge in [-0.3, -0.25) is 4.57 Å². The maximum atomic E-state index is 8.00. The molecule has 37 heavy (non-hydrogen) atoms. The molecule has 0 spiro atoms. The van der Waals surface area contributed by atoms with Crippen LogP contribution >= 0.6 is 11.3 Å². The smallest absolute Gasteiger partial charge is 0.147 e. The minimum Gasteiger partial charge on any atom is -0.292 e. The maximum absolute atomic E-state index is 8.00. The number of imidazole rings is 1. The molecule has 0 N–H and O–H groups in total. The fourth-order valence-corrected chi connectivity index (χ4v) is 6.17. The number of fused-ring (bicyclic) bond motifs is 2. The van der Waals surface area contributed by atoms with Crippen molar-refractivity contribution in [3.05, 3.63) is 107 Å². The molecule has 2 heterocycles. The van der Waals surface area contributed by atoms with E-state index in [0.717, 1.165) is 32.5 Å². The van der Waals surface area contributed by atoms with E-state index < -0.39 is 6.85 Å². The van der Waals surface area contributed by atoms with Gasteiger partial charge < -0.3 is 0 Å². The molecule has 0 fully saturated rings. The van der Waals surface area contributed by atoms with E-state index in [4.69, 9.17) is 9.10 Å². The van der Waals surface area contributed by atoms with Gasteiger partial charge in [-0.05, 0) is 77.3 Å². The van der Waals surface area contributed by atoms with Crippen molar-refractivity contribution in [1.82, 2.24) is 9.55 Å². The van der Waals surface area contributed by atoms with Gasteiger partial charge in [0.2, 0.25) is 0 Å². The van der Waals surface area contributed by atoms with Crippen molar-refractivity contribution in [1.29, 1.82) is 0 Å². The van der Waals surface area contributed by atoms with Gasteiger partial charge in [-0.15, -0.1) is 11.3 Å². The van der Waals surface area contributed by atoms with Gasteiger partial charge >= 0.3 is 0 Å². The van der Waals surface area contributed by atoms with Crippen LogP contribution in [0.25, 0.3) is 49.3 Å². The van der Waals surface area contributed by atoms with Crippen LogP contribution in [0.3, 0.4) is 0 Å². The van der Waals surface area contributed by atoms with Crippen molar-refractivity contribution in [2.75, 3.05) is 0 Å². The fourth-order valence-electron chi connectivity index (χ4n) is 5.25. The summed E-state index contributed by atoms with van der Waals surface area (Å²) in [5, 5.41) is 3.04. The standard InChI is InChI=1S/C34H32N2S/c1-21(2)26-18-25(24-11-7-6-8-12-24)19-27(22(3)4)33(26)36-31-14-10-9-13-30(31)35-34(36)29-20-37-32-16-15-23(5)17-28(29)32/h6-22H,1-5H3/i5D3. The minimum atomic E-state index is -2.17. The summed E-state index contributed by atoms with van der Waals surface area (Å²) in [5.74, 6) is 1.38. The molecule has 0 amide bonds. The average Bonchev–Trinajstić information content (AvgIpc) is 3.53. The van der Waals surface area contributed by atoms with E-state index in [1.165, 1.54) is 27.9 Å². The number of thiophene rings is 1. The monoisotopic (exact) mass is 503 g/mol. The highest BCUT2D eigenvalue weighted by molar-refractivity contribution is 7.17. The third-order valence-electron chi connectivity index (χ3n) is 7.12. The predicted octanol–water partition coefficient (Wildman–Crippen LogP) is 10.1. The SMILES string of the molecule is [2H]C([2H])([2H])c1ccc2scc(-c3nc4ccccc4n3-c3c(C(C)C)cc(-c4ccccc4)cc3C(C)C)c2c1. The van der Waals surface area contributed by atoms with Crippen molar-refractivity contribution in [3.8, 4) is 28.2 Å². The number of nitrogens with zero attached hydrogens (tertiary/aromatic N) is 2. The zero-order chi connectivity index (χ0) is 28.2. The summed E-state index contributed by atoms with van der Waals surface area (Å²) in [6.07, 6.45) is 0. The van der Waals surface area contributed by atoms with Gasteiger partial charge in [-0.25, -0.2) is 4.98 Å². The highest BCUT2D eigenvalue weighted by Crippen LogP contribution is 2.42. The highest BCUT2D eigenvalue weighted by atomic mass is 32.1. The largest absolute Gasteiger partial charge is 0.292 e. The van der Waals surface area contributed by atoms with Crippen LogP contribution in [-0.4, -0.2) is 9.55 Å². The number of hydrogen-bond acceptors (Lipinski definition) is 2. The summed E-state index contributed by atoms with van der Waals surface area (Å²) in [7, 11) is 0. The van der Waals surface area contributed by atoms with E-state index in [-0.39, 0.29) is 11.8 Å². The molecule has 0 unspecified atom stereocenters. The van der Waals surface area contributed by atoms with Crippen molar-refractivity contribution in [2.24, 2.45) is 0 Å². The molecule has 0 aliphatic carbocycles. The molecule has 2 aromatic heterocycles. The first kappa shape index (κ1) is 20.4. The van der Waals surface area contributed by atoms with Crippen LogP contribution in [0.1, 0.15) is 60.3 Å². The molecule has 0 saturated carbocycles. The van der Waals surface area contributed by atoms with E-state index in [1.807, 2.05) is 18.2 Å². The lowest BCUT2D eigenvalue weighted by atomic mass is 9.88. The number of rotatable bonds is 5. The van der Waals surface area contributed by atoms with Crippen LogP contribution in [0, 0.1) is 6.85 Å². The lowest BCUT2D eigenvalue weighted by Gasteiger charge is -2.24. The first-order chi connectivity index (χ1) is 19.1. The molecule has 3 heteroatoms. The Morgan fingerprint density at radius 1 is 0.784 bits per heavy atom. The third kappa shape index (κ3) is 4.08. The van der Waals surface area contributed by atoms with Gasteiger partial charge in [0, 0.05) is 25.1 Å². The van der Waals surface area contributed by atoms with E-state index in [2.05, 4.69) is 98.3 Å². The molecule has 0 bridgehead atoms. The molecule has 2 nitrogen and oxygen atoms in total. The Bertz CT molecular complexity index is 1810. The molecule has 4 aromatic carbocycles. The molecular formula is C34H32N2S. The maximum Gasteiger partial charge on any atom is 0.147 e. The van der Waals surface area contributed by atoms with E-state index >= 15 is 0 Å². The summed E-state index contributed by atoms with van der Waals surface area (Å²) < 4.78 is 27.4. The first-order valence-electron chi connectivity index (χ1n) is 14.4. The summed E-state index contributed by atoms with van der Waals surface area (Å²) in [6, 6.07) is 29.0. The van der Waals surface area contributed by atoms with Gasteiger partial charge in [-0.2, -0.15) is 0 Å².